The van der Waals surface area contributed by atoms with Crippen LogP contribution < -0.4 is 5.73 Å². The van der Waals surface area contributed by atoms with E-state index in [0.717, 1.165) is 4.88 Å². The molecular formula is C9H11N3O2S. The molecule has 2 rings (SSSR count). The van der Waals surface area contributed by atoms with Crippen LogP contribution in [-0.4, -0.2) is 21.9 Å². The number of hydrogen-bond acceptors (Lipinski definition) is 6. The Bertz CT molecular complexity index is 452. The monoisotopic (exact) mass is 225 g/mol. The lowest BCUT2D eigenvalue weighted by atomic mass is 10.3. The average molecular weight is 225 g/mol. The first-order chi connectivity index (χ1) is 7.20. The number of nitrogens with zero attached hydrogens (tertiary/aromatic N) is 2. The van der Waals surface area contributed by atoms with E-state index in [1.165, 1.54) is 4.88 Å². The zero-order chi connectivity index (χ0) is 10.8. The van der Waals surface area contributed by atoms with Crippen LogP contribution in [0.2, 0.25) is 0 Å². The van der Waals surface area contributed by atoms with Crippen LogP contribution in [0.15, 0.2) is 16.7 Å². The molecule has 0 aliphatic carbocycles. The van der Waals surface area contributed by atoms with Crippen LogP contribution in [-0.2, 0) is 0 Å². The van der Waals surface area contributed by atoms with Crippen LogP contribution in [0.4, 0.5) is 0 Å². The summed E-state index contributed by atoms with van der Waals surface area (Å²) in [6, 6.07) is 3.32. The highest BCUT2D eigenvalue weighted by Crippen LogP contribution is 2.26. The van der Waals surface area contributed by atoms with Gasteiger partial charge in [0.15, 0.2) is 5.82 Å². The molecule has 1 unspecified atom stereocenters. The fourth-order valence-corrected chi connectivity index (χ4v) is 1.91. The van der Waals surface area contributed by atoms with Crippen molar-refractivity contribution in [2.24, 2.45) is 5.73 Å². The number of aryl methyl sites for hydroxylation is 1. The number of nitrogens with two attached hydrogens (primary N) is 1. The largest absolute Gasteiger partial charge is 0.394 e. The topological polar surface area (TPSA) is 85.2 Å². The zero-order valence-corrected chi connectivity index (χ0v) is 8.99. The highest BCUT2D eigenvalue weighted by Gasteiger charge is 2.15. The van der Waals surface area contributed by atoms with Gasteiger partial charge in [-0.2, -0.15) is 4.98 Å². The highest BCUT2D eigenvalue weighted by atomic mass is 32.1. The molecule has 0 bridgehead atoms. The first kappa shape index (κ1) is 10.3. The van der Waals surface area contributed by atoms with Gasteiger partial charge in [0.05, 0.1) is 17.5 Å². The van der Waals surface area contributed by atoms with Crippen LogP contribution in [0.3, 0.4) is 0 Å². The molecule has 3 N–H and O–H groups in total. The first-order valence-electron chi connectivity index (χ1n) is 4.47. The maximum atomic E-state index is 8.83. The van der Waals surface area contributed by atoms with E-state index in [9.17, 15) is 0 Å². The van der Waals surface area contributed by atoms with Gasteiger partial charge in [-0.1, -0.05) is 5.16 Å². The molecule has 0 aliphatic rings. The average Bonchev–Trinajstić information content (AvgIpc) is 2.84. The normalized spacial score (nSPS) is 13.0. The quantitative estimate of drug-likeness (QED) is 0.817. The smallest absolute Gasteiger partial charge is 0.268 e. The Morgan fingerprint density at radius 1 is 1.60 bits per heavy atom. The van der Waals surface area contributed by atoms with Crippen molar-refractivity contribution in [3.05, 3.63) is 22.8 Å². The Labute approximate surface area is 90.5 Å². The second-order valence-corrected chi connectivity index (χ2v) is 4.44. The molecule has 0 saturated carbocycles. The number of aliphatic hydroxyl groups excluding tert-OH is 1. The third-order valence-corrected chi connectivity index (χ3v) is 2.91. The molecule has 80 valence electrons. The number of thiophene rings is 1. The lowest BCUT2D eigenvalue weighted by Gasteiger charge is -1.98. The summed E-state index contributed by atoms with van der Waals surface area (Å²) in [6.07, 6.45) is 0. The molecular weight excluding hydrogens is 214 g/mol. The van der Waals surface area contributed by atoms with Gasteiger partial charge in [-0.25, -0.2) is 0 Å². The van der Waals surface area contributed by atoms with Gasteiger partial charge in [0.1, 0.15) is 0 Å². The summed E-state index contributed by atoms with van der Waals surface area (Å²) in [5.41, 5.74) is 5.56. The van der Waals surface area contributed by atoms with Crippen LogP contribution in [0, 0.1) is 6.92 Å². The molecule has 2 heterocycles. The predicted octanol–water partition coefficient (Wildman–Crippen LogP) is 1.10. The van der Waals surface area contributed by atoms with Crippen molar-refractivity contribution in [1.82, 2.24) is 10.1 Å². The molecule has 0 saturated heterocycles. The van der Waals surface area contributed by atoms with E-state index in [2.05, 4.69) is 10.1 Å². The van der Waals surface area contributed by atoms with Crippen molar-refractivity contribution in [2.75, 3.05) is 6.61 Å². The maximum absolute atomic E-state index is 8.83. The van der Waals surface area contributed by atoms with Crippen molar-refractivity contribution in [1.29, 1.82) is 0 Å². The second-order valence-electron chi connectivity index (χ2n) is 3.16. The molecule has 0 aromatic carbocycles. The molecule has 2 aromatic heterocycles. The molecule has 0 amide bonds. The minimum absolute atomic E-state index is 0.192. The summed E-state index contributed by atoms with van der Waals surface area (Å²) in [4.78, 5) is 6.20. The lowest BCUT2D eigenvalue weighted by molar-refractivity contribution is 0.260. The zero-order valence-electron chi connectivity index (χ0n) is 8.17. The lowest BCUT2D eigenvalue weighted by Crippen LogP contribution is -2.15. The summed E-state index contributed by atoms with van der Waals surface area (Å²) in [5, 5.41) is 12.5. The standard InChI is InChI=1S/C9H11N3O2S/c1-5-2-3-7(15-5)9-11-8(12-14-9)6(10)4-13/h2-3,6,13H,4,10H2,1H3. The molecule has 2 aromatic rings. The van der Waals surface area contributed by atoms with Gasteiger partial charge in [0, 0.05) is 4.88 Å². The predicted molar refractivity (Wildman–Crippen MR) is 56.4 cm³/mol. The van der Waals surface area contributed by atoms with E-state index in [1.54, 1.807) is 11.3 Å². The van der Waals surface area contributed by atoms with E-state index >= 15 is 0 Å². The molecule has 0 radical (unpaired) electrons. The van der Waals surface area contributed by atoms with E-state index in [1.807, 2.05) is 19.1 Å². The van der Waals surface area contributed by atoms with Gasteiger partial charge < -0.3 is 15.4 Å². The van der Waals surface area contributed by atoms with Gasteiger partial charge >= 0.3 is 0 Å². The van der Waals surface area contributed by atoms with E-state index < -0.39 is 6.04 Å². The van der Waals surface area contributed by atoms with E-state index in [4.69, 9.17) is 15.4 Å². The Hall–Kier alpha value is -1.24. The number of aromatic nitrogens is 2. The minimum Gasteiger partial charge on any atom is -0.394 e. The fourth-order valence-electron chi connectivity index (χ4n) is 1.12. The van der Waals surface area contributed by atoms with E-state index in [-0.39, 0.29) is 6.61 Å². The third kappa shape index (κ3) is 2.06. The van der Waals surface area contributed by atoms with Crippen LogP contribution in [0.25, 0.3) is 10.8 Å². The molecule has 5 nitrogen and oxygen atoms in total. The van der Waals surface area contributed by atoms with Gasteiger partial charge in [-0.05, 0) is 19.1 Å². The van der Waals surface area contributed by atoms with Gasteiger partial charge in [0.25, 0.3) is 5.89 Å². The Morgan fingerprint density at radius 2 is 2.40 bits per heavy atom. The van der Waals surface area contributed by atoms with Crippen molar-refractivity contribution in [3.63, 3.8) is 0 Å². The van der Waals surface area contributed by atoms with Crippen LogP contribution >= 0.6 is 11.3 Å². The highest BCUT2D eigenvalue weighted by molar-refractivity contribution is 7.15. The molecule has 0 aliphatic heterocycles. The minimum atomic E-state index is -0.580. The summed E-state index contributed by atoms with van der Waals surface area (Å²) in [7, 11) is 0. The number of aliphatic hydroxyl groups is 1. The van der Waals surface area contributed by atoms with Crippen molar-refractivity contribution >= 4 is 11.3 Å². The van der Waals surface area contributed by atoms with Crippen LogP contribution in [0.1, 0.15) is 16.7 Å². The van der Waals surface area contributed by atoms with Crippen molar-refractivity contribution in [3.8, 4) is 10.8 Å². The van der Waals surface area contributed by atoms with Gasteiger partial charge in [-0.15, -0.1) is 11.3 Å². The molecule has 0 spiro atoms. The molecule has 15 heavy (non-hydrogen) atoms. The molecule has 1 atom stereocenters. The van der Waals surface area contributed by atoms with Gasteiger partial charge in [0.2, 0.25) is 0 Å². The molecule has 6 heteroatoms. The summed E-state index contributed by atoms with van der Waals surface area (Å²) >= 11 is 1.57. The fraction of sp³-hybridized carbons (Fsp3) is 0.333. The Balaban J connectivity index is 2.27. The van der Waals surface area contributed by atoms with Crippen LogP contribution in [0.5, 0.6) is 0 Å². The maximum Gasteiger partial charge on any atom is 0.268 e. The Morgan fingerprint density at radius 3 is 3.00 bits per heavy atom. The number of hydrogen-bond donors (Lipinski definition) is 2. The summed E-state index contributed by atoms with van der Waals surface area (Å²) in [5.74, 6) is 0.783. The third-order valence-electron chi connectivity index (χ3n) is 1.92. The summed E-state index contributed by atoms with van der Waals surface area (Å²) in [6.45, 7) is 1.81. The van der Waals surface area contributed by atoms with Crippen molar-refractivity contribution < 1.29 is 9.63 Å². The second kappa shape index (κ2) is 4.09. The first-order valence-corrected chi connectivity index (χ1v) is 5.29. The van der Waals surface area contributed by atoms with Crippen molar-refractivity contribution in [2.45, 2.75) is 13.0 Å². The number of rotatable bonds is 3. The SMILES string of the molecule is Cc1ccc(-c2nc(C(N)CO)no2)s1. The molecule has 0 fully saturated rings. The van der Waals surface area contributed by atoms with Gasteiger partial charge in [-0.3, -0.25) is 0 Å². The Kier molecular flexibility index (Phi) is 2.81. The van der Waals surface area contributed by atoms with E-state index in [0.29, 0.717) is 11.7 Å². The summed E-state index contributed by atoms with van der Waals surface area (Å²) < 4.78 is 5.05.